The van der Waals surface area contributed by atoms with Gasteiger partial charge in [0, 0.05) is 12.6 Å². The molecule has 21 heavy (non-hydrogen) atoms. The number of hydrogen-bond acceptors (Lipinski definition) is 3. The Morgan fingerprint density at radius 3 is 2.76 bits per heavy atom. The van der Waals surface area contributed by atoms with Crippen molar-refractivity contribution in [2.45, 2.75) is 20.3 Å². The predicted molar refractivity (Wildman–Crippen MR) is 84.3 cm³/mol. The number of rotatable bonds is 2. The lowest BCUT2D eigenvalue weighted by Crippen LogP contribution is -2.24. The van der Waals surface area contributed by atoms with Crippen LogP contribution in [0.3, 0.4) is 0 Å². The van der Waals surface area contributed by atoms with Gasteiger partial charge in [0.25, 0.3) is 5.56 Å². The molecular weight excluding hydrogens is 286 g/mol. The number of halogens is 1. The molecule has 0 unspecified atom stereocenters. The van der Waals surface area contributed by atoms with Crippen LogP contribution in [0.1, 0.15) is 18.4 Å². The van der Waals surface area contributed by atoms with Crippen molar-refractivity contribution in [1.82, 2.24) is 14.5 Å². The molecule has 2 aromatic heterocycles. The molecule has 0 atom stereocenters. The number of nitrogens with zero attached hydrogens (tertiary/aromatic N) is 3. The Morgan fingerprint density at radius 1 is 1.24 bits per heavy atom. The van der Waals surface area contributed by atoms with E-state index in [1.807, 2.05) is 32.0 Å². The van der Waals surface area contributed by atoms with Gasteiger partial charge in [0.1, 0.15) is 5.82 Å². The van der Waals surface area contributed by atoms with Gasteiger partial charge < -0.3 is 0 Å². The van der Waals surface area contributed by atoms with Gasteiger partial charge in [0.05, 0.1) is 27.3 Å². The fourth-order valence-corrected chi connectivity index (χ4v) is 2.68. The van der Waals surface area contributed by atoms with Crippen LogP contribution < -0.4 is 5.56 Å². The smallest absolute Gasteiger partial charge is 0.267 e. The summed E-state index contributed by atoms with van der Waals surface area (Å²) in [5.74, 6) is 0.700. The molecule has 0 radical (unpaired) electrons. The molecule has 0 bridgehead atoms. The number of aryl methyl sites for hydroxylation is 2. The molecule has 2 heterocycles. The summed E-state index contributed by atoms with van der Waals surface area (Å²) in [5.41, 5.74) is 2.00. The van der Waals surface area contributed by atoms with Gasteiger partial charge in [-0.3, -0.25) is 14.3 Å². The Hall–Kier alpha value is -2.20. The number of fused-ring (bicyclic) bond motifs is 1. The van der Waals surface area contributed by atoms with Gasteiger partial charge in [-0.05, 0) is 31.2 Å². The van der Waals surface area contributed by atoms with Crippen LogP contribution in [0.15, 0.2) is 41.3 Å². The molecule has 0 aliphatic heterocycles. The number of hydrogen-bond donors (Lipinski definition) is 0. The molecule has 0 aliphatic carbocycles. The van der Waals surface area contributed by atoms with Crippen LogP contribution in [0, 0.1) is 6.92 Å². The maximum absolute atomic E-state index is 12.9. The van der Waals surface area contributed by atoms with Crippen molar-refractivity contribution in [1.29, 1.82) is 0 Å². The second-order valence-corrected chi connectivity index (χ2v) is 5.17. The summed E-state index contributed by atoms with van der Waals surface area (Å²) in [7, 11) is 0. The molecule has 3 aromatic rings. The normalized spacial score (nSPS) is 11.0. The summed E-state index contributed by atoms with van der Waals surface area (Å²) in [5, 5.41) is 0.863. The third-order valence-corrected chi connectivity index (χ3v) is 3.77. The largest absolute Gasteiger partial charge is 0.268 e. The summed E-state index contributed by atoms with van der Waals surface area (Å²) in [4.78, 5) is 21.7. The molecule has 0 spiro atoms. The van der Waals surface area contributed by atoms with Crippen LogP contribution in [-0.2, 0) is 6.42 Å². The van der Waals surface area contributed by atoms with Gasteiger partial charge in [-0.25, -0.2) is 4.98 Å². The minimum absolute atomic E-state index is 0.154. The van der Waals surface area contributed by atoms with Crippen molar-refractivity contribution in [3.63, 3.8) is 0 Å². The fraction of sp³-hybridized carbons (Fsp3) is 0.188. The van der Waals surface area contributed by atoms with E-state index in [0.29, 0.717) is 28.2 Å². The molecule has 5 heteroatoms. The van der Waals surface area contributed by atoms with Crippen LogP contribution in [0.5, 0.6) is 0 Å². The van der Waals surface area contributed by atoms with E-state index >= 15 is 0 Å². The average Bonchev–Trinajstić information content (AvgIpc) is 2.48. The van der Waals surface area contributed by atoms with Gasteiger partial charge >= 0.3 is 0 Å². The van der Waals surface area contributed by atoms with E-state index in [1.54, 1.807) is 22.9 Å². The Labute approximate surface area is 127 Å². The predicted octanol–water partition coefficient (Wildman–Crippen LogP) is 3.30. The lowest BCUT2D eigenvalue weighted by molar-refractivity contribution is 0.822. The lowest BCUT2D eigenvalue weighted by atomic mass is 10.2. The molecule has 1 aromatic carbocycles. The van der Waals surface area contributed by atoms with Crippen molar-refractivity contribution in [3.8, 4) is 5.69 Å². The summed E-state index contributed by atoms with van der Waals surface area (Å²) in [6.45, 7) is 3.85. The zero-order valence-electron chi connectivity index (χ0n) is 11.8. The zero-order valence-corrected chi connectivity index (χ0v) is 12.6. The molecule has 0 aliphatic rings. The number of benzene rings is 1. The lowest BCUT2D eigenvalue weighted by Gasteiger charge is -2.14. The topological polar surface area (TPSA) is 47.8 Å². The first-order valence-corrected chi connectivity index (χ1v) is 7.13. The van der Waals surface area contributed by atoms with Crippen molar-refractivity contribution in [2.75, 3.05) is 0 Å². The van der Waals surface area contributed by atoms with Gasteiger partial charge in [0.2, 0.25) is 0 Å². The second kappa shape index (κ2) is 5.30. The molecule has 0 N–H and O–H groups in total. The highest BCUT2D eigenvalue weighted by atomic mass is 35.5. The van der Waals surface area contributed by atoms with Gasteiger partial charge in [-0.1, -0.05) is 24.6 Å². The molecule has 106 valence electrons. The summed E-state index contributed by atoms with van der Waals surface area (Å²) in [6.07, 6.45) is 2.35. The molecule has 4 nitrogen and oxygen atoms in total. The van der Waals surface area contributed by atoms with E-state index in [4.69, 9.17) is 11.6 Å². The highest BCUT2D eigenvalue weighted by Gasteiger charge is 2.15. The van der Waals surface area contributed by atoms with Crippen LogP contribution >= 0.6 is 11.6 Å². The minimum Gasteiger partial charge on any atom is -0.268 e. The van der Waals surface area contributed by atoms with Gasteiger partial charge in [0.15, 0.2) is 0 Å². The highest BCUT2D eigenvalue weighted by molar-refractivity contribution is 6.35. The number of pyridine rings is 1. The Balaban J connectivity index is 2.48. The summed E-state index contributed by atoms with van der Waals surface area (Å²) in [6, 6.07) is 9.00. The first-order valence-electron chi connectivity index (χ1n) is 6.75. The standard InChI is InChI=1S/C16H14ClN3O/c1-3-14-19-12-7-4-6-11(17)15(12)16(21)20(14)13-8-5-9-18-10(13)2/h4-9H,3H2,1-2H3. The van der Waals surface area contributed by atoms with E-state index in [9.17, 15) is 4.79 Å². The minimum atomic E-state index is -0.154. The van der Waals surface area contributed by atoms with E-state index < -0.39 is 0 Å². The highest BCUT2D eigenvalue weighted by Crippen LogP contribution is 2.21. The molecule has 0 saturated heterocycles. The van der Waals surface area contributed by atoms with Crippen LogP contribution in [0.2, 0.25) is 5.02 Å². The van der Waals surface area contributed by atoms with Gasteiger partial charge in [-0.15, -0.1) is 0 Å². The Morgan fingerprint density at radius 2 is 2.05 bits per heavy atom. The summed E-state index contributed by atoms with van der Waals surface area (Å²) >= 11 is 6.19. The zero-order chi connectivity index (χ0) is 15.0. The second-order valence-electron chi connectivity index (χ2n) is 4.76. The third-order valence-electron chi connectivity index (χ3n) is 3.45. The van der Waals surface area contributed by atoms with Crippen LogP contribution in [0.4, 0.5) is 0 Å². The third kappa shape index (κ3) is 2.21. The summed E-state index contributed by atoms with van der Waals surface area (Å²) < 4.78 is 1.61. The molecule has 3 rings (SSSR count). The SMILES string of the molecule is CCc1nc2cccc(Cl)c2c(=O)n1-c1cccnc1C. The van der Waals surface area contributed by atoms with Crippen molar-refractivity contribution in [3.05, 3.63) is 63.4 Å². The molecule has 0 amide bonds. The first-order chi connectivity index (χ1) is 10.1. The van der Waals surface area contributed by atoms with Crippen molar-refractivity contribution >= 4 is 22.5 Å². The van der Waals surface area contributed by atoms with Gasteiger partial charge in [-0.2, -0.15) is 0 Å². The molecule has 0 fully saturated rings. The Kier molecular flexibility index (Phi) is 3.47. The maximum atomic E-state index is 12.9. The van der Waals surface area contributed by atoms with Crippen LogP contribution in [0.25, 0.3) is 16.6 Å². The average molecular weight is 300 g/mol. The maximum Gasteiger partial charge on any atom is 0.267 e. The van der Waals surface area contributed by atoms with E-state index in [2.05, 4.69) is 9.97 Å². The monoisotopic (exact) mass is 299 g/mol. The van der Waals surface area contributed by atoms with E-state index in [0.717, 1.165) is 11.4 Å². The quantitative estimate of drug-likeness (QED) is 0.729. The van der Waals surface area contributed by atoms with Crippen LogP contribution in [-0.4, -0.2) is 14.5 Å². The van der Waals surface area contributed by atoms with Crippen molar-refractivity contribution < 1.29 is 0 Å². The number of aromatic nitrogens is 3. The fourth-order valence-electron chi connectivity index (χ4n) is 2.43. The molecular formula is C16H14ClN3O. The van der Waals surface area contributed by atoms with E-state index in [-0.39, 0.29) is 5.56 Å². The Bertz CT molecular complexity index is 886. The molecule has 0 saturated carbocycles. The first kappa shape index (κ1) is 13.8. The van der Waals surface area contributed by atoms with E-state index in [1.165, 1.54) is 0 Å². The van der Waals surface area contributed by atoms with Crippen molar-refractivity contribution in [2.24, 2.45) is 0 Å².